The van der Waals surface area contributed by atoms with Crippen LogP contribution in [0.2, 0.25) is 0 Å². The summed E-state index contributed by atoms with van der Waals surface area (Å²) in [5.41, 5.74) is 5.83. The minimum absolute atomic E-state index is 0.366. The number of hydrogen-bond acceptors (Lipinski definition) is 5. The lowest BCUT2D eigenvalue weighted by Gasteiger charge is -2.08. The predicted molar refractivity (Wildman–Crippen MR) is 130 cm³/mol. The number of nitrogens with zero attached hydrogens (tertiary/aromatic N) is 5. The van der Waals surface area contributed by atoms with Crippen LogP contribution < -0.4 is 4.74 Å². The first-order valence-electron chi connectivity index (χ1n) is 11.1. The molecule has 0 atom stereocenters. The molecule has 0 spiro atoms. The van der Waals surface area contributed by atoms with Crippen molar-refractivity contribution in [3.05, 3.63) is 114 Å². The fraction of sp³-hybridized carbons (Fsp3) is 0.148. The van der Waals surface area contributed by atoms with Crippen LogP contribution in [0.3, 0.4) is 0 Å². The Morgan fingerprint density at radius 1 is 0.794 bits per heavy atom. The van der Waals surface area contributed by atoms with E-state index in [2.05, 4.69) is 28.5 Å². The van der Waals surface area contributed by atoms with Crippen molar-refractivity contribution < 1.29 is 9.47 Å². The zero-order chi connectivity index (χ0) is 23.2. The van der Waals surface area contributed by atoms with Crippen LogP contribution in [0, 0.1) is 0 Å². The van der Waals surface area contributed by atoms with Gasteiger partial charge in [0, 0.05) is 5.56 Å². The first-order chi connectivity index (χ1) is 16.8. The summed E-state index contributed by atoms with van der Waals surface area (Å²) < 4.78 is 15.0. The lowest BCUT2D eigenvalue weighted by atomic mass is 10.1. The van der Waals surface area contributed by atoms with Crippen LogP contribution in [0.4, 0.5) is 0 Å². The van der Waals surface area contributed by atoms with Gasteiger partial charge in [-0.15, -0.1) is 5.10 Å². The topological polar surface area (TPSA) is 67.0 Å². The second-order valence-corrected chi connectivity index (χ2v) is 7.88. The molecule has 5 aromatic rings. The molecule has 0 unspecified atom stereocenters. The Balaban J connectivity index is 1.29. The summed E-state index contributed by atoms with van der Waals surface area (Å²) in [4.78, 5) is 0. The molecule has 0 aliphatic carbocycles. The number of benzene rings is 3. The molecule has 0 saturated carbocycles. The molecule has 3 aromatic carbocycles. The van der Waals surface area contributed by atoms with Gasteiger partial charge in [-0.3, -0.25) is 0 Å². The number of ether oxygens (including phenoxy) is 2. The van der Waals surface area contributed by atoms with Crippen LogP contribution in [0.25, 0.3) is 16.9 Å². The molecule has 0 fully saturated rings. The van der Waals surface area contributed by atoms with Crippen LogP contribution in [0.15, 0.2) is 97.2 Å². The Hall–Kier alpha value is -4.23. The van der Waals surface area contributed by atoms with Crippen molar-refractivity contribution in [2.24, 2.45) is 0 Å². The number of methoxy groups -OCH3 is 1. The van der Waals surface area contributed by atoms with E-state index in [9.17, 15) is 0 Å². The summed E-state index contributed by atoms with van der Waals surface area (Å²) in [6, 6.07) is 30.3. The lowest BCUT2D eigenvalue weighted by Crippen LogP contribution is -2.01. The smallest absolute Gasteiger partial charge is 0.118 e. The first-order valence-corrected chi connectivity index (χ1v) is 11.1. The van der Waals surface area contributed by atoms with Crippen LogP contribution >= 0.6 is 0 Å². The van der Waals surface area contributed by atoms with E-state index in [1.54, 1.807) is 7.11 Å². The maximum Gasteiger partial charge on any atom is 0.118 e. The third-order valence-corrected chi connectivity index (χ3v) is 5.42. The molecule has 0 radical (unpaired) electrons. The SMILES string of the molecule is COc1ccc(-c2cc(COCc3cn(Cc4ccccc4)nn3)nn2-c2ccccc2)cc1. The van der Waals surface area contributed by atoms with Crippen molar-refractivity contribution in [1.82, 2.24) is 24.8 Å². The van der Waals surface area contributed by atoms with E-state index in [1.807, 2.05) is 88.4 Å². The second-order valence-electron chi connectivity index (χ2n) is 7.88. The van der Waals surface area contributed by atoms with Gasteiger partial charge < -0.3 is 9.47 Å². The second kappa shape index (κ2) is 10.1. The fourth-order valence-corrected chi connectivity index (χ4v) is 3.75. The van der Waals surface area contributed by atoms with E-state index in [4.69, 9.17) is 14.6 Å². The summed E-state index contributed by atoms with van der Waals surface area (Å²) in [6.07, 6.45) is 1.92. The average Bonchev–Trinajstić information content (AvgIpc) is 3.52. The molecule has 0 N–H and O–H groups in total. The van der Waals surface area contributed by atoms with E-state index in [-0.39, 0.29) is 0 Å². The highest BCUT2D eigenvalue weighted by atomic mass is 16.5. The van der Waals surface area contributed by atoms with Crippen molar-refractivity contribution in [2.75, 3.05) is 7.11 Å². The molecule has 0 bridgehead atoms. The maximum atomic E-state index is 5.93. The minimum Gasteiger partial charge on any atom is -0.497 e. The van der Waals surface area contributed by atoms with Gasteiger partial charge in [-0.05, 0) is 48.0 Å². The molecule has 0 amide bonds. The van der Waals surface area contributed by atoms with Crippen LogP contribution in [0.5, 0.6) is 5.75 Å². The summed E-state index contributed by atoms with van der Waals surface area (Å²) in [5.74, 6) is 0.818. The van der Waals surface area contributed by atoms with Crippen LogP contribution in [-0.2, 0) is 24.5 Å². The van der Waals surface area contributed by atoms with Gasteiger partial charge in [-0.25, -0.2) is 9.36 Å². The van der Waals surface area contributed by atoms with Gasteiger partial charge >= 0.3 is 0 Å². The monoisotopic (exact) mass is 451 g/mol. The molecule has 0 saturated heterocycles. The highest BCUT2D eigenvalue weighted by Gasteiger charge is 2.13. The Morgan fingerprint density at radius 2 is 1.50 bits per heavy atom. The van der Waals surface area contributed by atoms with Gasteiger partial charge in [0.2, 0.25) is 0 Å². The largest absolute Gasteiger partial charge is 0.497 e. The van der Waals surface area contributed by atoms with E-state index in [0.717, 1.165) is 34.1 Å². The molecule has 0 aliphatic heterocycles. The molecule has 5 rings (SSSR count). The van der Waals surface area contributed by atoms with E-state index < -0.39 is 0 Å². The Bertz CT molecular complexity index is 1330. The van der Waals surface area contributed by atoms with Crippen molar-refractivity contribution in [1.29, 1.82) is 0 Å². The number of para-hydroxylation sites is 1. The molecule has 170 valence electrons. The van der Waals surface area contributed by atoms with Gasteiger partial charge in [0.1, 0.15) is 11.4 Å². The predicted octanol–water partition coefficient (Wildman–Crippen LogP) is 4.90. The normalized spacial score (nSPS) is 11.0. The van der Waals surface area contributed by atoms with E-state index >= 15 is 0 Å². The van der Waals surface area contributed by atoms with Gasteiger partial charge in [0.05, 0.1) is 50.1 Å². The first kappa shape index (κ1) is 21.6. The van der Waals surface area contributed by atoms with Crippen molar-refractivity contribution >= 4 is 0 Å². The summed E-state index contributed by atoms with van der Waals surface area (Å²) >= 11 is 0. The summed E-state index contributed by atoms with van der Waals surface area (Å²) in [6.45, 7) is 1.42. The lowest BCUT2D eigenvalue weighted by molar-refractivity contribution is 0.102. The van der Waals surface area contributed by atoms with Crippen molar-refractivity contribution in [3.63, 3.8) is 0 Å². The third kappa shape index (κ3) is 5.05. The van der Waals surface area contributed by atoms with Crippen molar-refractivity contribution in [3.8, 4) is 22.7 Å². The van der Waals surface area contributed by atoms with E-state index in [0.29, 0.717) is 19.8 Å². The Kier molecular flexibility index (Phi) is 6.45. The minimum atomic E-state index is 0.366. The molecule has 0 aliphatic rings. The molecule has 7 heteroatoms. The highest BCUT2D eigenvalue weighted by Crippen LogP contribution is 2.26. The Labute approximate surface area is 198 Å². The van der Waals surface area contributed by atoms with Crippen LogP contribution in [-0.4, -0.2) is 31.9 Å². The van der Waals surface area contributed by atoms with Gasteiger partial charge in [0.25, 0.3) is 0 Å². The zero-order valence-electron chi connectivity index (χ0n) is 18.9. The molecular formula is C27H25N5O2. The number of rotatable bonds is 9. The van der Waals surface area contributed by atoms with Gasteiger partial charge in [-0.1, -0.05) is 53.7 Å². The Morgan fingerprint density at radius 3 is 2.24 bits per heavy atom. The molecule has 2 heterocycles. The van der Waals surface area contributed by atoms with Crippen LogP contribution in [0.1, 0.15) is 17.0 Å². The highest BCUT2D eigenvalue weighted by molar-refractivity contribution is 5.63. The fourth-order valence-electron chi connectivity index (χ4n) is 3.75. The van der Waals surface area contributed by atoms with Gasteiger partial charge in [-0.2, -0.15) is 5.10 Å². The van der Waals surface area contributed by atoms with Gasteiger partial charge in [0.15, 0.2) is 0 Å². The van der Waals surface area contributed by atoms with E-state index in [1.165, 1.54) is 5.56 Å². The zero-order valence-corrected chi connectivity index (χ0v) is 18.9. The average molecular weight is 452 g/mol. The number of hydrogen-bond donors (Lipinski definition) is 0. The molecule has 2 aromatic heterocycles. The summed E-state index contributed by atoms with van der Waals surface area (Å²) in [7, 11) is 1.67. The molecule has 34 heavy (non-hydrogen) atoms. The standard InChI is InChI=1S/C27H25N5O2/c1-33-26-14-12-22(13-15-26)27-16-23(29-32(27)25-10-6-3-7-11-25)19-34-20-24-18-31(30-28-24)17-21-8-4-2-5-9-21/h2-16,18H,17,19-20H2,1H3. The third-order valence-electron chi connectivity index (χ3n) is 5.42. The molecule has 7 nitrogen and oxygen atoms in total. The maximum absolute atomic E-state index is 5.93. The quantitative estimate of drug-likeness (QED) is 0.319. The number of aromatic nitrogens is 5. The molecular weight excluding hydrogens is 426 g/mol. The summed E-state index contributed by atoms with van der Waals surface area (Å²) in [5, 5.41) is 13.2. The van der Waals surface area contributed by atoms with Crippen molar-refractivity contribution in [2.45, 2.75) is 19.8 Å².